The number of ether oxygens (including phenoxy) is 3. The van der Waals surface area contributed by atoms with E-state index in [1.807, 2.05) is 25.2 Å². The minimum atomic E-state index is -0.237. The molecule has 0 unspecified atom stereocenters. The number of carbonyl (C=O) groups excluding carboxylic acids is 1. The van der Waals surface area contributed by atoms with Crippen molar-refractivity contribution in [2.24, 2.45) is 5.92 Å². The molecule has 1 saturated heterocycles. The number of benzene rings is 1. The Morgan fingerprint density at radius 3 is 3.08 bits per heavy atom. The van der Waals surface area contributed by atoms with Crippen LogP contribution in [0.15, 0.2) is 30.6 Å². The molecule has 0 aliphatic carbocycles. The largest absolute Gasteiger partial charge is 0.454 e. The molecule has 1 aromatic heterocycles. The van der Waals surface area contributed by atoms with E-state index in [9.17, 15) is 4.79 Å². The summed E-state index contributed by atoms with van der Waals surface area (Å²) < 4.78 is 16.6. The molecule has 0 bridgehead atoms. The quantitative estimate of drug-likeness (QED) is 0.921. The second-order valence-electron chi connectivity index (χ2n) is 6.45. The molecule has 0 spiro atoms. The van der Waals surface area contributed by atoms with Crippen LogP contribution in [-0.4, -0.2) is 41.5 Å². The number of rotatable bonds is 4. The highest BCUT2D eigenvalue weighted by molar-refractivity contribution is 5.79. The number of hydrogen-bond donors (Lipinski definition) is 1. The number of amides is 1. The standard InChI is InChI=1S/C18H21N3O4/c1-21(10-12-4-5-15-16(7-12)25-11-24-15)18(22)14-3-2-6-23-17(14)13-8-19-20-9-13/h4-5,7-9,14,17H,2-3,6,10-11H2,1H3,(H,19,20)/t14-,17+/m1/s1. The smallest absolute Gasteiger partial charge is 0.231 e. The Morgan fingerprint density at radius 2 is 2.24 bits per heavy atom. The Labute approximate surface area is 145 Å². The molecule has 25 heavy (non-hydrogen) atoms. The van der Waals surface area contributed by atoms with Gasteiger partial charge in [0.1, 0.15) is 0 Å². The molecule has 1 aromatic carbocycles. The van der Waals surface area contributed by atoms with Crippen LogP contribution in [0.4, 0.5) is 0 Å². The number of aromatic nitrogens is 2. The summed E-state index contributed by atoms with van der Waals surface area (Å²) in [6.45, 7) is 1.44. The molecule has 7 heteroatoms. The van der Waals surface area contributed by atoms with Gasteiger partial charge >= 0.3 is 0 Å². The fourth-order valence-corrected chi connectivity index (χ4v) is 3.45. The summed E-state index contributed by atoms with van der Waals surface area (Å²) >= 11 is 0. The van der Waals surface area contributed by atoms with E-state index in [0.29, 0.717) is 13.2 Å². The molecular formula is C18H21N3O4. The van der Waals surface area contributed by atoms with Crippen LogP contribution in [0, 0.1) is 5.92 Å². The summed E-state index contributed by atoms with van der Waals surface area (Å²) in [5.41, 5.74) is 1.94. The fourth-order valence-electron chi connectivity index (χ4n) is 3.45. The van der Waals surface area contributed by atoms with E-state index in [4.69, 9.17) is 14.2 Å². The molecule has 2 aliphatic heterocycles. The van der Waals surface area contributed by atoms with Gasteiger partial charge in [0.05, 0.1) is 18.2 Å². The highest BCUT2D eigenvalue weighted by atomic mass is 16.7. The van der Waals surface area contributed by atoms with Crippen LogP contribution in [0.5, 0.6) is 11.5 Å². The van der Waals surface area contributed by atoms with Crippen molar-refractivity contribution >= 4 is 5.91 Å². The second kappa shape index (κ2) is 6.76. The lowest BCUT2D eigenvalue weighted by molar-refractivity contribution is -0.144. The Kier molecular flexibility index (Phi) is 4.31. The Morgan fingerprint density at radius 1 is 1.36 bits per heavy atom. The molecular weight excluding hydrogens is 322 g/mol. The van der Waals surface area contributed by atoms with Gasteiger partial charge in [0, 0.05) is 32.0 Å². The summed E-state index contributed by atoms with van der Waals surface area (Å²) in [6, 6.07) is 5.77. The lowest BCUT2D eigenvalue weighted by Crippen LogP contribution is -2.38. The van der Waals surface area contributed by atoms with Crippen LogP contribution in [0.25, 0.3) is 0 Å². The van der Waals surface area contributed by atoms with E-state index in [1.165, 1.54) is 0 Å². The Balaban J connectivity index is 1.47. The molecule has 3 heterocycles. The SMILES string of the molecule is CN(Cc1ccc2c(c1)OCO2)C(=O)[C@@H]1CCCO[C@H]1c1cn[nH]c1. The third kappa shape index (κ3) is 3.19. The third-order valence-corrected chi connectivity index (χ3v) is 4.72. The predicted molar refractivity (Wildman–Crippen MR) is 89.0 cm³/mol. The zero-order valence-corrected chi connectivity index (χ0v) is 14.1. The number of aromatic amines is 1. The predicted octanol–water partition coefficient (Wildman–Crippen LogP) is 2.26. The molecule has 1 amide bonds. The number of fused-ring (bicyclic) bond motifs is 1. The maximum Gasteiger partial charge on any atom is 0.231 e. The molecule has 1 N–H and O–H groups in total. The van der Waals surface area contributed by atoms with Gasteiger partial charge in [-0.05, 0) is 30.5 Å². The van der Waals surface area contributed by atoms with E-state index >= 15 is 0 Å². The summed E-state index contributed by atoms with van der Waals surface area (Å²) in [5.74, 6) is 1.38. The van der Waals surface area contributed by atoms with Crippen molar-refractivity contribution in [1.82, 2.24) is 15.1 Å². The average Bonchev–Trinajstić information content (AvgIpc) is 3.32. The summed E-state index contributed by atoms with van der Waals surface area (Å²) in [5, 5.41) is 6.78. The van der Waals surface area contributed by atoms with Gasteiger partial charge in [0.15, 0.2) is 11.5 Å². The lowest BCUT2D eigenvalue weighted by atomic mass is 9.89. The molecule has 2 atom stereocenters. The van der Waals surface area contributed by atoms with Gasteiger partial charge in [0.25, 0.3) is 0 Å². The summed E-state index contributed by atoms with van der Waals surface area (Å²) in [4.78, 5) is 14.8. The molecule has 7 nitrogen and oxygen atoms in total. The van der Waals surface area contributed by atoms with Gasteiger partial charge in [-0.2, -0.15) is 5.10 Å². The first-order valence-electron chi connectivity index (χ1n) is 8.46. The van der Waals surface area contributed by atoms with Gasteiger partial charge < -0.3 is 19.1 Å². The molecule has 132 valence electrons. The number of H-pyrrole nitrogens is 1. The Bertz CT molecular complexity index is 747. The van der Waals surface area contributed by atoms with Crippen molar-refractivity contribution in [1.29, 1.82) is 0 Å². The number of hydrogen-bond acceptors (Lipinski definition) is 5. The topological polar surface area (TPSA) is 76.7 Å². The normalized spacial score (nSPS) is 22.0. The van der Waals surface area contributed by atoms with E-state index in [2.05, 4.69) is 10.2 Å². The summed E-state index contributed by atoms with van der Waals surface area (Å²) in [7, 11) is 1.83. The maximum absolute atomic E-state index is 13.0. The second-order valence-corrected chi connectivity index (χ2v) is 6.45. The first-order valence-corrected chi connectivity index (χ1v) is 8.46. The van der Waals surface area contributed by atoms with Crippen molar-refractivity contribution in [3.63, 3.8) is 0 Å². The van der Waals surface area contributed by atoms with Gasteiger partial charge in [-0.3, -0.25) is 9.89 Å². The van der Waals surface area contributed by atoms with Gasteiger partial charge in [-0.25, -0.2) is 0 Å². The van der Waals surface area contributed by atoms with Crippen LogP contribution in [0.1, 0.15) is 30.1 Å². The van der Waals surface area contributed by atoms with Gasteiger partial charge in [-0.1, -0.05) is 6.07 Å². The minimum Gasteiger partial charge on any atom is -0.454 e. The Hall–Kier alpha value is -2.54. The average molecular weight is 343 g/mol. The molecule has 2 aromatic rings. The van der Waals surface area contributed by atoms with Crippen molar-refractivity contribution in [3.8, 4) is 11.5 Å². The zero-order valence-electron chi connectivity index (χ0n) is 14.1. The number of carbonyl (C=O) groups is 1. The highest BCUT2D eigenvalue weighted by Gasteiger charge is 2.35. The van der Waals surface area contributed by atoms with E-state index in [-0.39, 0.29) is 24.7 Å². The van der Waals surface area contributed by atoms with Gasteiger partial charge in [0.2, 0.25) is 12.7 Å². The number of nitrogens with one attached hydrogen (secondary N) is 1. The van der Waals surface area contributed by atoms with Crippen LogP contribution in [0.3, 0.4) is 0 Å². The fraction of sp³-hybridized carbons (Fsp3) is 0.444. The molecule has 2 aliphatic rings. The van der Waals surface area contributed by atoms with Crippen LogP contribution in [0.2, 0.25) is 0 Å². The first-order chi connectivity index (χ1) is 12.2. The summed E-state index contributed by atoms with van der Waals surface area (Å²) in [6.07, 6.45) is 5.00. The minimum absolute atomic E-state index is 0.0866. The van der Waals surface area contributed by atoms with Crippen molar-refractivity contribution in [3.05, 3.63) is 41.7 Å². The third-order valence-electron chi connectivity index (χ3n) is 4.72. The van der Waals surface area contributed by atoms with Crippen LogP contribution < -0.4 is 9.47 Å². The molecule has 0 radical (unpaired) electrons. The monoisotopic (exact) mass is 343 g/mol. The maximum atomic E-state index is 13.0. The molecule has 4 rings (SSSR count). The van der Waals surface area contributed by atoms with Crippen molar-refractivity contribution < 1.29 is 19.0 Å². The van der Waals surface area contributed by atoms with E-state index in [1.54, 1.807) is 17.3 Å². The van der Waals surface area contributed by atoms with Crippen LogP contribution in [-0.2, 0) is 16.1 Å². The molecule has 0 saturated carbocycles. The highest BCUT2D eigenvalue weighted by Crippen LogP contribution is 2.35. The van der Waals surface area contributed by atoms with Gasteiger partial charge in [-0.15, -0.1) is 0 Å². The van der Waals surface area contributed by atoms with Crippen LogP contribution >= 0.6 is 0 Å². The number of nitrogens with zero attached hydrogens (tertiary/aromatic N) is 2. The van der Waals surface area contributed by atoms with E-state index < -0.39 is 0 Å². The van der Waals surface area contributed by atoms with Crippen molar-refractivity contribution in [2.75, 3.05) is 20.4 Å². The van der Waals surface area contributed by atoms with Crippen molar-refractivity contribution in [2.45, 2.75) is 25.5 Å². The molecule has 1 fully saturated rings. The van der Waals surface area contributed by atoms with E-state index in [0.717, 1.165) is 35.5 Å². The lowest BCUT2D eigenvalue weighted by Gasteiger charge is -2.33. The zero-order chi connectivity index (χ0) is 17.2. The first kappa shape index (κ1) is 16.0.